The molecule has 0 amide bonds. The number of nitrogens with one attached hydrogen (secondary N) is 1. The molecule has 0 saturated heterocycles. The minimum atomic E-state index is -0.348. The van der Waals surface area contributed by atoms with Crippen molar-refractivity contribution < 1.29 is 4.92 Å². The smallest absolute Gasteiger partial charge is 0.269 e. The summed E-state index contributed by atoms with van der Waals surface area (Å²) in [5.41, 5.74) is 0.538. The van der Waals surface area contributed by atoms with E-state index in [1.54, 1.807) is 12.1 Å². The first-order valence-corrected chi connectivity index (χ1v) is 8.44. The molecule has 2 atom stereocenters. The van der Waals surface area contributed by atoms with Gasteiger partial charge in [-0.15, -0.1) is 11.8 Å². The zero-order valence-electron chi connectivity index (χ0n) is 13.0. The van der Waals surface area contributed by atoms with E-state index in [2.05, 4.69) is 26.1 Å². The molecule has 5 heteroatoms. The fourth-order valence-corrected chi connectivity index (χ4v) is 4.54. The van der Waals surface area contributed by atoms with Crippen LogP contribution in [-0.2, 0) is 0 Å². The number of non-ortho nitro benzene ring substituents is 1. The number of hydrogen-bond acceptors (Lipinski definition) is 4. The summed E-state index contributed by atoms with van der Waals surface area (Å²) >= 11 is 1.85. The summed E-state index contributed by atoms with van der Waals surface area (Å²) < 4.78 is 0. The lowest BCUT2D eigenvalue weighted by atomic mass is 9.75. The molecule has 0 radical (unpaired) electrons. The van der Waals surface area contributed by atoms with E-state index in [9.17, 15) is 10.1 Å². The minimum absolute atomic E-state index is 0.159. The Labute approximate surface area is 130 Å². The molecule has 1 aromatic carbocycles. The zero-order chi connectivity index (χ0) is 15.5. The number of benzene rings is 1. The molecule has 1 aliphatic carbocycles. The van der Waals surface area contributed by atoms with Gasteiger partial charge in [0.25, 0.3) is 5.69 Å². The van der Waals surface area contributed by atoms with Gasteiger partial charge in [0.05, 0.1) is 4.92 Å². The van der Waals surface area contributed by atoms with E-state index in [4.69, 9.17) is 0 Å². The summed E-state index contributed by atoms with van der Waals surface area (Å²) in [5, 5.41) is 14.8. The number of nitro benzene ring substituents is 1. The molecule has 0 heterocycles. The molecule has 1 fully saturated rings. The molecular formula is C16H24N2O2S. The molecule has 21 heavy (non-hydrogen) atoms. The molecule has 1 saturated carbocycles. The first-order chi connectivity index (χ1) is 9.91. The van der Waals surface area contributed by atoms with Crippen LogP contribution in [-0.4, -0.2) is 22.8 Å². The van der Waals surface area contributed by atoms with Crippen molar-refractivity contribution in [2.75, 3.05) is 6.54 Å². The van der Waals surface area contributed by atoms with Crippen molar-refractivity contribution in [2.45, 2.75) is 56.2 Å². The number of nitrogens with zero attached hydrogens (tertiary/aromatic N) is 1. The van der Waals surface area contributed by atoms with Gasteiger partial charge in [0.1, 0.15) is 0 Å². The van der Waals surface area contributed by atoms with Crippen LogP contribution in [0.4, 0.5) is 5.69 Å². The third kappa shape index (κ3) is 4.45. The molecule has 0 spiro atoms. The second-order valence-electron chi connectivity index (χ2n) is 6.48. The van der Waals surface area contributed by atoms with Gasteiger partial charge in [0, 0.05) is 28.3 Å². The number of hydrogen-bond donors (Lipinski definition) is 1. The normalized spacial score (nSPS) is 24.7. The van der Waals surface area contributed by atoms with Crippen molar-refractivity contribution >= 4 is 17.4 Å². The quantitative estimate of drug-likeness (QED) is 0.653. The maximum absolute atomic E-state index is 10.7. The Morgan fingerprint density at radius 1 is 1.38 bits per heavy atom. The molecule has 0 aromatic heterocycles. The van der Waals surface area contributed by atoms with E-state index >= 15 is 0 Å². The lowest BCUT2D eigenvalue weighted by Gasteiger charge is -2.40. The fraction of sp³-hybridized carbons (Fsp3) is 0.625. The predicted molar refractivity (Wildman–Crippen MR) is 87.8 cm³/mol. The first-order valence-electron chi connectivity index (χ1n) is 7.56. The molecule has 1 N–H and O–H groups in total. The fourth-order valence-electron chi connectivity index (χ4n) is 2.96. The van der Waals surface area contributed by atoms with E-state index in [0.717, 1.165) is 11.4 Å². The Morgan fingerprint density at radius 3 is 2.62 bits per heavy atom. The first kappa shape index (κ1) is 16.3. The molecule has 116 valence electrons. The molecule has 2 unspecified atom stereocenters. The summed E-state index contributed by atoms with van der Waals surface area (Å²) in [6, 6.07) is 7.46. The molecule has 4 nitrogen and oxygen atoms in total. The minimum Gasteiger partial charge on any atom is -0.313 e. The maximum Gasteiger partial charge on any atom is 0.269 e. The summed E-state index contributed by atoms with van der Waals surface area (Å²) in [6.45, 7) is 7.80. The van der Waals surface area contributed by atoms with Gasteiger partial charge in [-0.25, -0.2) is 0 Å². The van der Waals surface area contributed by atoms with Crippen LogP contribution >= 0.6 is 11.8 Å². The van der Waals surface area contributed by atoms with Gasteiger partial charge in [-0.1, -0.05) is 20.8 Å². The number of rotatable bonds is 5. The molecule has 2 rings (SSSR count). The van der Waals surface area contributed by atoms with Gasteiger partial charge in [-0.3, -0.25) is 10.1 Å². The van der Waals surface area contributed by atoms with E-state index < -0.39 is 0 Å². The summed E-state index contributed by atoms with van der Waals surface area (Å²) in [6.07, 6.45) is 3.62. The molecule has 0 aliphatic heterocycles. The van der Waals surface area contributed by atoms with Crippen molar-refractivity contribution in [2.24, 2.45) is 5.41 Å². The third-order valence-corrected chi connectivity index (χ3v) is 5.48. The van der Waals surface area contributed by atoms with Gasteiger partial charge in [-0.05, 0) is 43.4 Å². The van der Waals surface area contributed by atoms with Crippen LogP contribution < -0.4 is 5.32 Å². The lowest BCUT2D eigenvalue weighted by Crippen LogP contribution is -2.44. The zero-order valence-corrected chi connectivity index (χ0v) is 13.8. The van der Waals surface area contributed by atoms with Crippen LogP contribution in [0.1, 0.15) is 40.0 Å². The maximum atomic E-state index is 10.7. The predicted octanol–water partition coefficient (Wildman–Crippen LogP) is 4.24. The third-order valence-electron chi connectivity index (χ3n) is 4.14. The van der Waals surface area contributed by atoms with Crippen LogP contribution in [0, 0.1) is 15.5 Å². The Kier molecular flexibility index (Phi) is 5.27. The van der Waals surface area contributed by atoms with Crippen LogP contribution in [0.3, 0.4) is 0 Å². The second kappa shape index (κ2) is 6.79. The number of thioether (sulfide) groups is 1. The van der Waals surface area contributed by atoms with Crippen molar-refractivity contribution in [1.29, 1.82) is 0 Å². The summed E-state index contributed by atoms with van der Waals surface area (Å²) in [5.74, 6) is 0. The van der Waals surface area contributed by atoms with Gasteiger partial charge in [0.2, 0.25) is 0 Å². The van der Waals surface area contributed by atoms with E-state index in [-0.39, 0.29) is 10.6 Å². The van der Waals surface area contributed by atoms with Crippen molar-refractivity contribution in [3.63, 3.8) is 0 Å². The second-order valence-corrected chi connectivity index (χ2v) is 7.79. The SMILES string of the molecule is CCNC1CCC(C)(C)CC1Sc1ccc([N+](=O)[O-])cc1. The van der Waals surface area contributed by atoms with Gasteiger partial charge in [0.15, 0.2) is 0 Å². The standard InChI is InChI=1S/C16H24N2O2S/c1-4-17-14-9-10-16(2,3)11-15(14)21-13-7-5-12(6-8-13)18(19)20/h5-8,14-15,17H,4,9-11H2,1-3H3. The molecule has 0 bridgehead atoms. The highest BCUT2D eigenvalue weighted by Crippen LogP contribution is 2.42. The lowest BCUT2D eigenvalue weighted by molar-refractivity contribution is -0.384. The topological polar surface area (TPSA) is 55.2 Å². The Morgan fingerprint density at radius 2 is 2.05 bits per heavy atom. The van der Waals surface area contributed by atoms with E-state index in [0.29, 0.717) is 16.7 Å². The highest BCUT2D eigenvalue weighted by atomic mass is 32.2. The number of nitro groups is 1. The summed E-state index contributed by atoms with van der Waals surface area (Å²) in [4.78, 5) is 11.5. The summed E-state index contributed by atoms with van der Waals surface area (Å²) in [7, 11) is 0. The van der Waals surface area contributed by atoms with Crippen LogP contribution in [0.15, 0.2) is 29.2 Å². The Bertz CT molecular complexity index is 488. The highest BCUT2D eigenvalue weighted by molar-refractivity contribution is 8.00. The van der Waals surface area contributed by atoms with Crippen LogP contribution in [0.5, 0.6) is 0 Å². The molecule has 1 aromatic rings. The largest absolute Gasteiger partial charge is 0.313 e. The van der Waals surface area contributed by atoms with Crippen molar-refractivity contribution in [3.8, 4) is 0 Å². The average Bonchev–Trinajstić information content (AvgIpc) is 2.42. The van der Waals surface area contributed by atoms with Crippen molar-refractivity contribution in [3.05, 3.63) is 34.4 Å². The van der Waals surface area contributed by atoms with Crippen LogP contribution in [0.2, 0.25) is 0 Å². The monoisotopic (exact) mass is 308 g/mol. The highest BCUT2D eigenvalue weighted by Gasteiger charge is 2.34. The molecular weight excluding hydrogens is 284 g/mol. The van der Waals surface area contributed by atoms with Gasteiger partial charge in [-0.2, -0.15) is 0 Å². The van der Waals surface area contributed by atoms with Gasteiger partial charge < -0.3 is 5.32 Å². The van der Waals surface area contributed by atoms with E-state index in [1.165, 1.54) is 19.3 Å². The van der Waals surface area contributed by atoms with E-state index in [1.807, 2.05) is 23.9 Å². The Hall–Kier alpha value is -1.07. The van der Waals surface area contributed by atoms with Crippen LogP contribution in [0.25, 0.3) is 0 Å². The molecule has 1 aliphatic rings. The Balaban J connectivity index is 2.08. The van der Waals surface area contributed by atoms with Gasteiger partial charge >= 0.3 is 0 Å². The van der Waals surface area contributed by atoms with Crippen molar-refractivity contribution in [1.82, 2.24) is 5.32 Å². The average molecular weight is 308 g/mol.